The summed E-state index contributed by atoms with van der Waals surface area (Å²) in [5.74, 6) is -8.30. The average molecular weight is 506 g/mol. The molecular weight excluding hydrogens is 482 g/mol. The highest BCUT2D eigenvalue weighted by atomic mass is 35.5. The zero-order valence-electron chi connectivity index (χ0n) is 18.8. The Hall–Kier alpha value is -3.41. The lowest BCUT2D eigenvalue weighted by Gasteiger charge is -2.50. The van der Waals surface area contributed by atoms with Crippen molar-refractivity contribution in [2.24, 2.45) is 17.6 Å². The number of hydrogen-bond acceptors (Lipinski definition) is 9. The largest absolute Gasteiger partial charge is 0.508 e. The van der Waals surface area contributed by atoms with Crippen LogP contribution in [0.15, 0.2) is 29.0 Å². The van der Waals surface area contributed by atoms with Crippen molar-refractivity contribution in [2.45, 2.75) is 24.5 Å². The standard InChI is InChI=1S/C23H24ClN3O8/c1-27(2)16-10-6-9-5-8-3-4-11(26-12(28)7-24)17(29)13(8)18(30)14(9)20(32)23(10,35)21(33)15(19(16)31)22(25)34/h3-4,9-10,16,29-30,33,35H,5-7H2,1-2H3,(H2,25,34)(H,26,28)/t9?,10?,16-,23?/m0/s1. The molecule has 0 radical (unpaired) electrons. The van der Waals surface area contributed by atoms with Crippen molar-refractivity contribution in [3.8, 4) is 5.75 Å². The van der Waals surface area contributed by atoms with E-state index in [0.717, 1.165) is 0 Å². The number of primary amides is 1. The van der Waals surface area contributed by atoms with Crippen molar-refractivity contribution in [2.75, 3.05) is 25.3 Å². The lowest BCUT2D eigenvalue weighted by atomic mass is 9.57. The summed E-state index contributed by atoms with van der Waals surface area (Å²) < 4.78 is 0. The number of rotatable bonds is 4. The molecule has 35 heavy (non-hydrogen) atoms. The fraction of sp³-hybridized carbons (Fsp3) is 0.391. The number of benzene rings is 1. The van der Waals surface area contributed by atoms with E-state index >= 15 is 0 Å². The molecule has 1 aromatic carbocycles. The molecule has 186 valence electrons. The van der Waals surface area contributed by atoms with Gasteiger partial charge in [0, 0.05) is 11.5 Å². The minimum Gasteiger partial charge on any atom is -0.508 e. The molecule has 0 heterocycles. The molecule has 7 N–H and O–H groups in total. The number of nitrogens with zero attached hydrogens (tertiary/aromatic N) is 1. The fourth-order valence-corrected chi connectivity index (χ4v) is 5.57. The van der Waals surface area contributed by atoms with Crippen LogP contribution in [0.2, 0.25) is 0 Å². The highest BCUT2D eigenvalue weighted by Gasteiger charge is 2.64. The number of aromatic hydroxyl groups is 1. The molecule has 0 saturated heterocycles. The lowest BCUT2D eigenvalue weighted by Crippen LogP contribution is -2.65. The van der Waals surface area contributed by atoms with Crippen LogP contribution in [-0.2, 0) is 25.6 Å². The minimum absolute atomic E-state index is 0.00272. The SMILES string of the molecule is CN(C)[C@@H]1C(=O)C(C(N)=O)=C(O)C2(O)C(=O)C3=C(O)c4c(ccc(NC(=O)CCl)c4O)CC3CC12. The van der Waals surface area contributed by atoms with Crippen LogP contribution in [0.5, 0.6) is 5.75 Å². The monoisotopic (exact) mass is 505 g/mol. The summed E-state index contributed by atoms with van der Waals surface area (Å²) in [5, 5.41) is 46.6. The van der Waals surface area contributed by atoms with Crippen molar-refractivity contribution in [1.29, 1.82) is 0 Å². The molecule has 0 bridgehead atoms. The first kappa shape index (κ1) is 24.7. The van der Waals surface area contributed by atoms with Crippen molar-refractivity contribution < 1.29 is 39.6 Å². The quantitative estimate of drug-likeness (QED) is 0.188. The van der Waals surface area contributed by atoms with Crippen LogP contribution in [0, 0.1) is 11.8 Å². The summed E-state index contributed by atoms with van der Waals surface area (Å²) in [4.78, 5) is 51.8. The number of alkyl halides is 1. The van der Waals surface area contributed by atoms with Gasteiger partial charge < -0.3 is 31.5 Å². The number of amides is 2. The molecule has 4 atom stereocenters. The average Bonchev–Trinajstić information content (AvgIpc) is 2.77. The summed E-state index contributed by atoms with van der Waals surface area (Å²) in [7, 11) is 3.06. The third-order valence-electron chi connectivity index (χ3n) is 6.99. The number of hydrogen-bond donors (Lipinski definition) is 6. The Morgan fingerprint density at radius 3 is 2.46 bits per heavy atom. The van der Waals surface area contributed by atoms with Gasteiger partial charge in [0.2, 0.25) is 11.7 Å². The predicted molar refractivity (Wildman–Crippen MR) is 124 cm³/mol. The number of carbonyl (C=O) groups is 4. The van der Waals surface area contributed by atoms with Gasteiger partial charge in [0.15, 0.2) is 11.4 Å². The van der Waals surface area contributed by atoms with Gasteiger partial charge in [-0.3, -0.25) is 24.1 Å². The Morgan fingerprint density at radius 2 is 1.89 bits per heavy atom. The highest BCUT2D eigenvalue weighted by molar-refractivity contribution is 6.29. The van der Waals surface area contributed by atoms with Gasteiger partial charge in [-0.05, 0) is 44.5 Å². The Kier molecular flexibility index (Phi) is 5.90. The van der Waals surface area contributed by atoms with Gasteiger partial charge in [0.25, 0.3) is 5.91 Å². The molecule has 12 heteroatoms. The number of fused-ring (bicyclic) bond motifs is 3. The zero-order valence-corrected chi connectivity index (χ0v) is 19.6. The van der Waals surface area contributed by atoms with Gasteiger partial charge in [-0.1, -0.05) is 6.07 Å². The Morgan fingerprint density at radius 1 is 1.23 bits per heavy atom. The summed E-state index contributed by atoms with van der Waals surface area (Å²) in [5.41, 5.74) is 1.75. The molecule has 1 fully saturated rings. The number of halogens is 1. The number of aliphatic hydroxyl groups is 3. The Bertz CT molecular complexity index is 1250. The van der Waals surface area contributed by atoms with E-state index in [1.165, 1.54) is 25.1 Å². The molecule has 11 nitrogen and oxygen atoms in total. The summed E-state index contributed by atoms with van der Waals surface area (Å²) in [6.45, 7) is 0. The first-order valence-corrected chi connectivity index (χ1v) is 11.2. The van der Waals surface area contributed by atoms with Crippen molar-refractivity contribution in [3.63, 3.8) is 0 Å². The molecule has 3 unspecified atom stereocenters. The van der Waals surface area contributed by atoms with Gasteiger partial charge in [0.1, 0.15) is 28.7 Å². The maximum atomic E-state index is 13.7. The van der Waals surface area contributed by atoms with E-state index in [-0.39, 0.29) is 35.5 Å². The molecule has 0 aliphatic heterocycles. The minimum atomic E-state index is -2.70. The number of phenols is 1. The Balaban J connectivity index is 1.92. The van der Waals surface area contributed by atoms with Crippen LogP contribution in [-0.4, -0.2) is 80.3 Å². The predicted octanol–water partition coefficient (Wildman–Crippen LogP) is 0.141. The van der Waals surface area contributed by atoms with Crippen molar-refractivity contribution >= 4 is 46.4 Å². The number of nitrogens with one attached hydrogen (secondary N) is 1. The topological polar surface area (TPSA) is 190 Å². The van der Waals surface area contributed by atoms with Gasteiger partial charge in [-0.15, -0.1) is 11.6 Å². The van der Waals surface area contributed by atoms with E-state index in [0.29, 0.717) is 5.56 Å². The summed E-state index contributed by atoms with van der Waals surface area (Å²) in [6, 6.07) is 1.85. The van der Waals surface area contributed by atoms with E-state index in [2.05, 4.69) is 5.32 Å². The highest BCUT2D eigenvalue weighted by Crippen LogP contribution is 2.53. The first-order chi connectivity index (χ1) is 16.4. The van der Waals surface area contributed by atoms with E-state index < -0.39 is 69.7 Å². The normalized spacial score (nSPS) is 28.0. The van der Waals surface area contributed by atoms with E-state index in [1.54, 1.807) is 6.07 Å². The third kappa shape index (κ3) is 3.41. The van der Waals surface area contributed by atoms with Crippen LogP contribution >= 0.6 is 11.6 Å². The van der Waals surface area contributed by atoms with Gasteiger partial charge in [0.05, 0.1) is 17.3 Å². The van der Waals surface area contributed by atoms with Crippen LogP contribution in [0.3, 0.4) is 0 Å². The van der Waals surface area contributed by atoms with Gasteiger partial charge >= 0.3 is 0 Å². The van der Waals surface area contributed by atoms with Crippen LogP contribution < -0.4 is 11.1 Å². The molecule has 0 aromatic heterocycles. The number of nitrogens with two attached hydrogens (primary N) is 1. The van der Waals surface area contributed by atoms with Crippen LogP contribution in [0.4, 0.5) is 5.69 Å². The molecule has 3 aliphatic carbocycles. The molecule has 3 aliphatic rings. The van der Waals surface area contributed by atoms with Crippen molar-refractivity contribution in [1.82, 2.24) is 4.90 Å². The zero-order chi connectivity index (χ0) is 26.0. The van der Waals surface area contributed by atoms with Crippen LogP contribution in [0.25, 0.3) is 5.76 Å². The maximum Gasteiger partial charge on any atom is 0.255 e. The maximum absolute atomic E-state index is 13.7. The number of carbonyl (C=O) groups excluding carboxylic acids is 4. The molecule has 1 aromatic rings. The second-order valence-corrected chi connectivity index (χ2v) is 9.41. The Labute approximate surface area is 204 Å². The van der Waals surface area contributed by atoms with E-state index in [4.69, 9.17) is 17.3 Å². The van der Waals surface area contributed by atoms with E-state index in [9.17, 15) is 39.6 Å². The van der Waals surface area contributed by atoms with Gasteiger partial charge in [-0.2, -0.15) is 0 Å². The van der Waals surface area contributed by atoms with Crippen LogP contribution in [0.1, 0.15) is 17.5 Å². The molecular formula is C23H24ClN3O8. The lowest BCUT2D eigenvalue weighted by molar-refractivity contribution is -0.153. The number of likely N-dealkylation sites (N-methyl/N-ethyl adjacent to an activating group) is 1. The number of anilines is 1. The number of ketones is 2. The van der Waals surface area contributed by atoms with Crippen molar-refractivity contribution in [3.05, 3.63) is 40.2 Å². The molecule has 2 amide bonds. The second-order valence-electron chi connectivity index (χ2n) is 9.14. The third-order valence-corrected chi connectivity index (χ3v) is 7.23. The van der Waals surface area contributed by atoms with Gasteiger partial charge in [-0.25, -0.2) is 0 Å². The molecule has 0 spiro atoms. The summed E-state index contributed by atoms with van der Waals surface area (Å²) in [6.07, 6.45) is 0.156. The second kappa shape index (κ2) is 8.36. The fourth-order valence-electron chi connectivity index (χ4n) is 5.50. The first-order valence-electron chi connectivity index (χ1n) is 10.7. The van der Waals surface area contributed by atoms with E-state index in [1.807, 2.05) is 0 Å². The smallest absolute Gasteiger partial charge is 0.255 e. The molecule has 1 saturated carbocycles. The number of phenolic OH excluding ortho intramolecular Hbond substituents is 1. The molecule has 4 rings (SSSR count). The summed E-state index contributed by atoms with van der Waals surface area (Å²) >= 11 is 5.50. The number of Topliss-reactive ketones (excluding diaryl/α,β-unsaturated/α-hetero) is 2. The number of aliphatic hydroxyl groups excluding tert-OH is 2.